The summed E-state index contributed by atoms with van der Waals surface area (Å²) in [5.74, 6) is 0. The maximum atomic E-state index is 9.00. The predicted molar refractivity (Wildman–Crippen MR) is 68.6 cm³/mol. The predicted octanol–water partition coefficient (Wildman–Crippen LogP) is 1.98. The second-order valence-corrected chi connectivity index (χ2v) is 4.96. The van der Waals surface area contributed by atoms with Crippen molar-refractivity contribution in [2.75, 3.05) is 18.4 Å². The van der Waals surface area contributed by atoms with E-state index in [2.05, 4.69) is 31.4 Å². The van der Waals surface area contributed by atoms with Crippen molar-refractivity contribution in [2.45, 2.75) is 32.9 Å². The molecule has 0 bridgehead atoms. The molecule has 3 nitrogen and oxygen atoms in total. The second kappa shape index (κ2) is 5.87. The largest absolute Gasteiger partial charge is 0.392 e. The van der Waals surface area contributed by atoms with Gasteiger partial charge in [0.05, 0.1) is 6.61 Å². The normalized spacial score (nSPS) is 11.5. The lowest BCUT2D eigenvalue weighted by Gasteiger charge is -2.20. The minimum Gasteiger partial charge on any atom is -0.392 e. The van der Waals surface area contributed by atoms with E-state index in [-0.39, 0.29) is 12.1 Å². The minimum absolute atomic E-state index is 0.0930. The minimum atomic E-state index is 0.0930. The summed E-state index contributed by atoms with van der Waals surface area (Å²) >= 11 is 0. The van der Waals surface area contributed by atoms with Crippen LogP contribution in [0.3, 0.4) is 0 Å². The Labute approximate surface area is 97.9 Å². The van der Waals surface area contributed by atoms with Gasteiger partial charge in [-0.2, -0.15) is 0 Å². The van der Waals surface area contributed by atoms with Gasteiger partial charge in [-0.25, -0.2) is 0 Å². The highest BCUT2D eigenvalue weighted by atomic mass is 16.3. The van der Waals surface area contributed by atoms with Crippen LogP contribution < -0.4 is 10.6 Å². The molecule has 1 rings (SSSR count). The van der Waals surface area contributed by atoms with Gasteiger partial charge in [0, 0.05) is 24.3 Å². The third kappa shape index (κ3) is 5.14. The van der Waals surface area contributed by atoms with Crippen molar-refractivity contribution in [2.24, 2.45) is 0 Å². The summed E-state index contributed by atoms with van der Waals surface area (Å²) in [4.78, 5) is 0. The van der Waals surface area contributed by atoms with Gasteiger partial charge < -0.3 is 15.7 Å². The fourth-order valence-corrected chi connectivity index (χ4v) is 1.42. The van der Waals surface area contributed by atoms with Crippen molar-refractivity contribution in [1.29, 1.82) is 0 Å². The van der Waals surface area contributed by atoms with Crippen molar-refractivity contribution < 1.29 is 5.11 Å². The SMILES string of the molecule is CC(C)(C)NCCNc1cccc(CO)c1. The maximum Gasteiger partial charge on any atom is 0.0682 e. The third-order valence-corrected chi connectivity index (χ3v) is 2.22. The molecular weight excluding hydrogens is 200 g/mol. The Morgan fingerprint density at radius 3 is 2.56 bits per heavy atom. The van der Waals surface area contributed by atoms with Crippen molar-refractivity contribution in [1.82, 2.24) is 5.32 Å². The fraction of sp³-hybridized carbons (Fsp3) is 0.538. The Bertz CT molecular complexity index is 318. The molecule has 1 aromatic rings. The zero-order valence-corrected chi connectivity index (χ0v) is 10.4. The highest BCUT2D eigenvalue weighted by Gasteiger charge is 2.06. The fourth-order valence-electron chi connectivity index (χ4n) is 1.42. The van der Waals surface area contributed by atoms with Crippen molar-refractivity contribution in [3.8, 4) is 0 Å². The summed E-state index contributed by atoms with van der Waals surface area (Å²) in [7, 11) is 0. The first-order chi connectivity index (χ1) is 7.51. The van der Waals surface area contributed by atoms with E-state index in [1.807, 2.05) is 24.3 Å². The lowest BCUT2D eigenvalue weighted by molar-refractivity contribution is 0.282. The van der Waals surface area contributed by atoms with E-state index in [0.717, 1.165) is 24.3 Å². The molecule has 0 unspecified atom stereocenters. The van der Waals surface area contributed by atoms with Gasteiger partial charge in [-0.3, -0.25) is 0 Å². The molecule has 0 radical (unpaired) electrons. The molecular formula is C13H22N2O. The number of hydrogen-bond acceptors (Lipinski definition) is 3. The highest BCUT2D eigenvalue weighted by Crippen LogP contribution is 2.09. The Balaban J connectivity index is 2.32. The number of rotatable bonds is 5. The Morgan fingerprint density at radius 2 is 1.94 bits per heavy atom. The molecule has 16 heavy (non-hydrogen) atoms. The molecule has 0 spiro atoms. The first kappa shape index (κ1) is 13.0. The van der Waals surface area contributed by atoms with E-state index < -0.39 is 0 Å². The van der Waals surface area contributed by atoms with Crippen LogP contribution >= 0.6 is 0 Å². The van der Waals surface area contributed by atoms with Crippen LogP contribution in [0.25, 0.3) is 0 Å². The van der Waals surface area contributed by atoms with E-state index in [4.69, 9.17) is 5.11 Å². The van der Waals surface area contributed by atoms with Crippen LogP contribution in [-0.2, 0) is 6.61 Å². The Hall–Kier alpha value is -1.06. The Kier molecular flexibility index (Phi) is 4.77. The van der Waals surface area contributed by atoms with Crippen molar-refractivity contribution in [3.05, 3.63) is 29.8 Å². The van der Waals surface area contributed by atoms with Gasteiger partial charge in [0.2, 0.25) is 0 Å². The number of nitrogens with one attached hydrogen (secondary N) is 2. The molecule has 1 aromatic carbocycles. The number of anilines is 1. The van der Waals surface area contributed by atoms with E-state index in [1.165, 1.54) is 0 Å². The second-order valence-electron chi connectivity index (χ2n) is 4.96. The quantitative estimate of drug-likeness (QED) is 0.667. The average molecular weight is 222 g/mol. The van der Waals surface area contributed by atoms with Gasteiger partial charge in [0.1, 0.15) is 0 Å². The monoisotopic (exact) mass is 222 g/mol. The van der Waals surface area contributed by atoms with Gasteiger partial charge in [-0.15, -0.1) is 0 Å². The first-order valence-corrected chi connectivity index (χ1v) is 5.70. The van der Waals surface area contributed by atoms with E-state index in [0.29, 0.717) is 0 Å². The van der Waals surface area contributed by atoms with E-state index in [1.54, 1.807) is 0 Å². The molecule has 0 atom stereocenters. The molecule has 0 aliphatic rings. The molecule has 3 heteroatoms. The van der Waals surface area contributed by atoms with Crippen molar-refractivity contribution in [3.63, 3.8) is 0 Å². The summed E-state index contributed by atoms with van der Waals surface area (Å²) < 4.78 is 0. The lowest BCUT2D eigenvalue weighted by atomic mass is 10.1. The molecule has 0 aliphatic heterocycles. The van der Waals surface area contributed by atoms with Crippen LogP contribution in [0, 0.1) is 0 Å². The average Bonchev–Trinajstić information content (AvgIpc) is 2.23. The van der Waals surface area contributed by atoms with Crippen LogP contribution in [0.15, 0.2) is 24.3 Å². The summed E-state index contributed by atoms with van der Waals surface area (Å²) in [6.45, 7) is 8.35. The lowest BCUT2D eigenvalue weighted by Crippen LogP contribution is -2.38. The molecule has 0 amide bonds. The molecule has 3 N–H and O–H groups in total. The molecule has 0 heterocycles. The zero-order chi connectivity index (χ0) is 12.0. The summed E-state index contributed by atoms with van der Waals surface area (Å²) in [6.07, 6.45) is 0. The van der Waals surface area contributed by atoms with Crippen LogP contribution in [-0.4, -0.2) is 23.7 Å². The van der Waals surface area contributed by atoms with Gasteiger partial charge >= 0.3 is 0 Å². The smallest absolute Gasteiger partial charge is 0.0682 e. The molecule has 0 aromatic heterocycles. The molecule has 90 valence electrons. The van der Waals surface area contributed by atoms with E-state index >= 15 is 0 Å². The van der Waals surface area contributed by atoms with Crippen LogP contribution in [0.1, 0.15) is 26.3 Å². The summed E-state index contributed by atoms with van der Waals surface area (Å²) in [5, 5.41) is 15.7. The molecule has 0 saturated carbocycles. The highest BCUT2D eigenvalue weighted by molar-refractivity contribution is 5.45. The zero-order valence-electron chi connectivity index (χ0n) is 10.4. The Morgan fingerprint density at radius 1 is 1.19 bits per heavy atom. The van der Waals surface area contributed by atoms with Gasteiger partial charge in [0.15, 0.2) is 0 Å². The van der Waals surface area contributed by atoms with Gasteiger partial charge in [-0.05, 0) is 38.5 Å². The molecule has 0 saturated heterocycles. The number of benzene rings is 1. The number of aliphatic hydroxyl groups excluding tert-OH is 1. The van der Waals surface area contributed by atoms with Gasteiger partial charge in [0.25, 0.3) is 0 Å². The number of hydrogen-bond donors (Lipinski definition) is 3. The summed E-state index contributed by atoms with van der Waals surface area (Å²) in [5.41, 5.74) is 2.16. The molecule has 0 fully saturated rings. The summed E-state index contributed by atoms with van der Waals surface area (Å²) in [6, 6.07) is 7.84. The van der Waals surface area contributed by atoms with Crippen LogP contribution in [0.4, 0.5) is 5.69 Å². The third-order valence-electron chi connectivity index (χ3n) is 2.22. The molecule has 0 aliphatic carbocycles. The number of aliphatic hydroxyl groups is 1. The van der Waals surface area contributed by atoms with E-state index in [9.17, 15) is 0 Å². The topological polar surface area (TPSA) is 44.3 Å². The van der Waals surface area contributed by atoms with Gasteiger partial charge in [-0.1, -0.05) is 12.1 Å². The van der Waals surface area contributed by atoms with Crippen molar-refractivity contribution >= 4 is 5.69 Å². The van der Waals surface area contributed by atoms with Crippen LogP contribution in [0.5, 0.6) is 0 Å². The standard InChI is InChI=1S/C13H22N2O/c1-13(2,3)15-8-7-14-12-6-4-5-11(9-12)10-16/h4-6,9,14-16H,7-8,10H2,1-3H3. The van der Waals surface area contributed by atoms with Crippen LogP contribution in [0.2, 0.25) is 0 Å². The first-order valence-electron chi connectivity index (χ1n) is 5.70. The maximum absolute atomic E-state index is 9.00.